The normalized spacial score (nSPS) is 22.6. The average Bonchev–Trinajstić information content (AvgIpc) is 3.74. The molecule has 4 heterocycles. The highest BCUT2D eigenvalue weighted by atomic mass is 35.5. The van der Waals surface area contributed by atoms with E-state index in [2.05, 4.69) is 4.90 Å². The number of carbonyl (C=O) groups is 2. The molecule has 3 unspecified atom stereocenters. The van der Waals surface area contributed by atoms with Crippen molar-refractivity contribution >= 4 is 56.4 Å². The molecular weight excluding hydrogens is 639 g/mol. The third-order valence-electron chi connectivity index (χ3n) is 8.96. The van der Waals surface area contributed by atoms with Crippen LogP contribution in [0.15, 0.2) is 53.9 Å². The zero-order chi connectivity index (χ0) is 31.2. The van der Waals surface area contributed by atoms with Crippen molar-refractivity contribution in [2.24, 2.45) is 0 Å². The first-order valence-corrected chi connectivity index (χ1v) is 18.1. The second-order valence-corrected chi connectivity index (χ2v) is 15.9. The van der Waals surface area contributed by atoms with Gasteiger partial charge in [0, 0.05) is 68.2 Å². The summed E-state index contributed by atoms with van der Waals surface area (Å²) in [6, 6.07) is 14.7. The lowest BCUT2D eigenvalue weighted by atomic mass is 10.00. The molecule has 3 aliphatic rings. The summed E-state index contributed by atoms with van der Waals surface area (Å²) in [7, 11) is -3.38. The maximum atomic E-state index is 13.8. The molecule has 3 atom stereocenters. The molecule has 3 aromatic rings. The minimum Gasteiger partial charge on any atom is -0.334 e. The molecule has 0 N–H and O–H groups in total. The van der Waals surface area contributed by atoms with Gasteiger partial charge in [0.2, 0.25) is 15.9 Å². The highest BCUT2D eigenvalue weighted by Gasteiger charge is 2.48. The molecule has 0 radical (unpaired) electrons. The van der Waals surface area contributed by atoms with Gasteiger partial charge in [0.15, 0.2) is 0 Å². The van der Waals surface area contributed by atoms with Crippen molar-refractivity contribution in [2.75, 3.05) is 39.3 Å². The first kappa shape index (κ1) is 31.5. The van der Waals surface area contributed by atoms with E-state index in [4.69, 9.17) is 23.2 Å². The molecule has 44 heavy (non-hydrogen) atoms. The van der Waals surface area contributed by atoms with Crippen LogP contribution < -0.4 is 0 Å². The summed E-state index contributed by atoms with van der Waals surface area (Å²) in [5, 5.41) is 2.73. The van der Waals surface area contributed by atoms with Gasteiger partial charge in [0.05, 0.1) is 21.8 Å². The number of carbonyl (C=O) groups excluding carboxylic acids is 2. The number of thiophene rings is 1. The quantitative estimate of drug-likeness (QED) is 0.321. The molecule has 12 heteroatoms. The van der Waals surface area contributed by atoms with E-state index >= 15 is 0 Å². The molecule has 2 bridgehead atoms. The van der Waals surface area contributed by atoms with Crippen LogP contribution in [-0.2, 0) is 20.6 Å². The van der Waals surface area contributed by atoms with Crippen LogP contribution in [0.2, 0.25) is 10.0 Å². The Labute approximate surface area is 273 Å². The predicted octanol–water partition coefficient (Wildman–Crippen LogP) is 5.38. The fourth-order valence-corrected chi connectivity index (χ4v) is 10.1. The number of sulfonamides is 1. The Bertz CT molecular complexity index is 1650. The molecule has 2 amide bonds. The highest BCUT2D eigenvalue weighted by molar-refractivity contribution is 7.88. The summed E-state index contributed by atoms with van der Waals surface area (Å²) >= 11 is 14.1. The van der Waals surface area contributed by atoms with Crippen molar-refractivity contribution in [3.05, 3.63) is 91.1 Å². The third kappa shape index (κ3) is 6.57. The van der Waals surface area contributed by atoms with E-state index in [0.717, 1.165) is 28.0 Å². The third-order valence-corrected chi connectivity index (χ3v) is 12.6. The molecule has 1 aromatic heterocycles. The van der Waals surface area contributed by atoms with Gasteiger partial charge >= 0.3 is 0 Å². The van der Waals surface area contributed by atoms with Gasteiger partial charge in [0.25, 0.3) is 5.91 Å². The van der Waals surface area contributed by atoms with Gasteiger partial charge in [-0.25, -0.2) is 8.42 Å². The van der Waals surface area contributed by atoms with E-state index in [1.807, 2.05) is 65.4 Å². The second-order valence-electron chi connectivity index (χ2n) is 12.1. The summed E-state index contributed by atoms with van der Waals surface area (Å²) in [6.07, 6.45) is 1.11. The Hall–Kier alpha value is -2.47. The number of aryl methyl sites for hydroxylation is 2. The van der Waals surface area contributed by atoms with E-state index in [1.165, 1.54) is 11.3 Å². The lowest BCUT2D eigenvalue weighted by Crippen LogP contribution is -2.53. The van der Waals surface area contributed by atoms with Crippen LogP contribution in [0.3, 0.4) is 0 Å². The first-order valence-electron chi connectivity index (χ1n) is 14.9. The summed E-state index contributed by atoms with van der Waals surface area (Å²) < 4.78 is 27.9. The smallest absolute Gasteiger partial charge is 0.254 e. The van der Waals surface area contributed by atoms with Gasteiger partial charge in [-0.3, -0.25) is 14.5 Å². The van der Waals surface area contributed by atoms with E-state index < -0.39 is 10.0 Å². The number of nitrogens with zero attached hydrogens (tertiary/aromatic N) is 4. The molecule has 0 aliphatic carbocycles. The topological polar surface area (TPSA) is 81.2 Å². The van der Waals surface area contributed by atoms with Gasteiger partial charge in [-0.1, -0.05) is 52.5 Å². The van der Waals surface area contributed by atoms with Crippen LogP contribution in [0.1, 0.15) is 50.8 Å². The van der Waals surface area contributed by atoms with Crippen molar-refractivity contribution in [3.8, 4) is 0 Å². The van der Waals surface area contributed by atoms with Crippen molar-refractivity contribution in [3.63, 3.8) is 0 Å². The van der Waals surface area contributed by atoms with Gasteiger partial charge in [0.1, 0.15) is 0 Å². The number of likely N-dealkylation sites (tertiary alicyclic amines) is 1. The number of hydrogen-bond acceptors (Lipinski definition) is 6. The van der Waals surface area contributed by atoms with Crippen LogP contribution in [0.4, 0.5) is 0 Å². The highest BCUT2D eigenvalue weighted by Crippen LogP contribution is 2.35. The number of hydrogen-bond donors (Lipinski definition) is 0. The molecule has 3 aliphatic heterocycles. The molecule has 2 aromatic carbocycles. The summed E-state index contributed by atoms with van der Waals surface area (Å²) in [5.41, 5.74) is 3.53. The Morgan fingerprint density at radius 2 is 1.70 bits per heavy atom. The van der Waals surface area contributed by atoms with Crippen molar-refractivity contribution in [1.82, 2.24) is 19.0 Å². The largest absolute Gasteiger partial charge is 0.334 e. The Morgan fingerprint density at radius 3 is 2.36 bits per heavy atom. The van der Waals surface area contributed by atoms with Crippen LogP contribution in [0.5, 0.6) is 0 Å². The van der Waals surface area contributed by atoms with Gasteiger partial charge in [-0.2, -0.15) is 4.31 Å². The number of halogens is 2. The van der Waals surface area contributed by atoms with Crippen LogP contribution in [-0.4, -0.2) is 90.6 Å². The summed E-state index contributed by atoms with van der Waals surface area (Å²) in [6.45, 7) is 6.81. The molecule has 3 fully saturated rings. The SMILES string of the molecule is Cc1cc(C)cc(C(=O)N2CCN(C(=O)CCN3CC4CC3CN4S(=O)(=O)Cc3cccs3)C(c3ccc(Cl)c(Cl)c3)C2)c1. The molecule has 0 saturated carbocycles. The Morgan fingerprint density at radius 1 is 0.932 bits per heavy atom. The maximum absolute atomic E-state index is 13.8. The Kier molecular flexibility index (Phi) is 9.12. The lowest BCUT2D eigenvalue weighted by molar-refractivity contribution is -0.136. The van der Waals surface area contributed by atoms with Crippen LogP contribution in [0, 0.1) is 13.8 Å². The standard InChI is InChI=1S/C32H36Cl2N4O4S2/c1-21-12-22(2)14-24(13-21)32(40)36-9-10-37(30(19-36)23-5-6-28(33)29(34)15-23)31(39)7-8-35-17-26-16-25(35)18-38(26)44(41,42)20-27-4-3-11-43-27/h3-6,11-15,25-26,30H,7-10,16-20H2,1-2H3. The van der Waals surface area contributed by atoms with Gasteiger partial charge in [-0.05, 0) is 61.5 Å². The number of benzene rings is 2. The molecule has 3 saturated heterocycles. The number of rotatable bonds is 8. The Balaban J connectivity index is 1.12. The first-order chi connectivity index (χ1) is 21.0. The van der Waals surface area contributed by atoms with E-state index in [0.29, 0.717) is 61.3 Å². The lowest BCUT2D eigenvalue weighted by Gasteiger charge is -2.42. The van der Waals surface area contributed by atoms with E-state index in [-0.39, 0.29) is 35.7 Å². The average molecular weight is 676 g/mol. The predicted molar refractivity (Wildman–Crippen MR) is 175 cm³/mol. The molecule has 0 spiro atoms. The van der Waals surface area contributed by atoms with E-state index in [9.17, 15) is 18.0 Å². The zero-order valence-corrected chi connectivity index (χ0v) is 27.9. The van der Waals surface area contributed by atoms with Crippen LogP contribution >= 0.6 is 34.5 Å². The maximum Gasteiger partial charge on any atom is 0.254 e. The number of fused-ring (bicyclic) bond motifs is 2. The number of piperazine rings is 2. The fraction of sp³-hybridized carbons (Fsp3) is 0.438. The van der Waals surface area contributed by atoms with Crippen molar-refractivity contribution in [2.45, 2.75) is 50.6 Å². The van der Waals surface area contributed by atoms with Gasteiger partial charge in [-0.15, -0.1) is 11.3 Å². The summed E-state index contributed by atoms with van der Waals surface area (Å²) in [5.74, 6) is -0.00868. The van der Waals surface area contributed by atoms with Crippen molar-refractivity contribution in [1.29, 1.82) is 0 Å². The molecule has 8 nitrogen and oxygen atoms in total. The van der Waals surface area contributed by atoms with Gasteiger partial charge < -0.3 is 9.80 Å². The molecular formula is C32H36Cl2N4O4S2. The zero-order valence-electron chi connectivity index (χ0n) is 24.8. The summed E-state index contributed by atoms with van der Waals surface area (Å²) in [4.78, 5) is 34.1. The van der Waals surface area contributed by atoms with E-state index in [1.54, 1.807) is 16.4 Å². The van der Waals surface area contributed by atoms with Crippen molar-refractivity contribution < 1.29 is 18.0 Å². The second kappa shape index (κ2) is 12.7. The molecule has 234 valence electrons. The minimum atomic E-state index is -3.38. The number of amides is 2. The van der Waals surface area contributed by atoms with Crippen LogP contribution in [0.25, 0.3) is 0 Å². The minimum absolute atomic E-state index is 0.00418. The molecule has 6 rings (SSSR count). The monoisotopic (exact) mass is 674 g/mol. The fourth-order valence-electron chi connectivity index (χ4n) is 6.92.